The molecule has 0 atom stereocenters. The molecule has 0 aliphatic rings. The van der Waals surface area contributed by atoms with Gasteiger partial charge in [-0.15, -0.1) is 0 Å². The predicted molar refractivity (Wildman–Crippen MR) is 274 cm³/mol. The molecule has 1 N–H and O–H groups in total. The average molecular weight is 850 g/mol. The zero-order chi connectivity index (χ0) is 45.7. The molecule has 0 bridgehead atoms. The van der Waals surface area contributed by atoms with Crippen LogP contribution in [0.25, 0.3) is 83.9 Å². The maximum absolute atomic E-state index is 12.6. The highest BCUT2D eigenvalue weighted by Crippen LogP contribution is 2.46. The lowest BCUT2D eigenvalue weighted by Crippen LogP contribution is -2.17. The van der Waals surface area contributed by atoms with Crippen molar-refractivity contribution in [3.05, 3.63) is 193 Å². The second-order valence-corrected chi connectivity index (χ2v) is 20.2. The molecule has 2 aromatic heterocycles. The van der Waals surface area contributed by atoms with Crippen LogP contribution >= 0.6 is 0 Å². The second kappa shape index (κ2) is 16.8. The predicted octanol–water partition coefficient (Wildman–Crippen LogP) is 16.4. The Morgan fingerprint density at radius 1 is 0.477 bits per heavy atom. The normalized spacial score (nSPS) is 12.2. The van der Waals surface area contributed by atoms with Crippen molar-refractivity contribution in [3.63, 3.8) is 0 Å². The quantitative estimate of drug-likeness (QED) is 0.157. The number of imidazole rings is 1. The molecule has 0 unspecified atom stereocenters. The number of phenols is 1. The average Bonchev–Trinajstić information content (AvgIpc) is 3.71. The van der Waals surface area contributed by atoms with Crippen LogP contribution in [0.15, 0.2) is 176 Å². The van der Waals surface area contributed by atoms with Gasteiger partial charge in [-0.05, 0) is 122 Å². The van der Waals surface area contributed by atoms with Gasteiger partial charge in [-0.2, -0.15) is 0 Å². The molecule has 0 radical (unpaired) electrons. The number of hydrogen-bond acceptors (Lipinski definition) is 3. The van der Waals surface area contributed by atoms with Gasteiger partial charge in [0.1, 0.15) is 11.6 Å². The van der Waals surface area contributed by atoms with Gasteiger partial charge in [0.05, 0.1) is 28.0 Å². The van der Waals surface area contributed by atoms with E-state index in [0.29, 0.717) is 11.4 Å². The third-order valence-electron chi connectivity index (χ3n) is 13.2. The number of pyridine rings is 1. The van der Waals surface area contributed by atoms with Crippen molar-refractivity contribution in [1.82, 2.24) is 14.5 Å². The van der Waals surface area contributed by atoms with Crippen LogP contribution in [0.2, 0.25) is 0 Å². The van der Waals surface area contributed by atoms with Crippen molar-refractivity contribution >= 4 is 11.0 Å². The van der Waals surface area contributed by atoms with E-state index in [4.69, 9.17) is 9.97 Å². The molecule has 9 rings (SSSR count). The van der Waals surface area contributed by atoms with Gasteiger partial charge in [0.15, 0.2) is 0 Å². The fourth-order valence-electron chi connectivity index (χ4n) is 8.90. The number of phenolic OH excluding ortho intramolecular Hbond substituents is 1. The Morgan fingerprint density at radius 3 is 1.71 bits per heavy atom. The second-order valence-electron chi connectivity index (χ2n) is 20.2. The summed E-state index contributed by atoms with van der Waals surface area (Å²) in [6.07, 6.45) is 2.91. The van der Waals surface area contributed by atoms with E-state index in [1.54, 1.807) is 0 Å². The summed E-state index contributed by atoms with van der Waals surface area (Å²) in [5.41, 5.74) is 16.9. The Labute approximate surface area is 385 Å². The lowest BCUT2D eigenvalue weighted by atomic mass is 9.78. The van der Waals surface area contributed by atoms with Crippen LogP contribution in [0.5, 0.6) is 5.75 Å². The van der Waals surface area contributed by atoms with Gasteiger partial charge in [0, 0.05) is 28.5 Å². The first kappa shape index (κ1) is 43.2. The van der Waals surface area contributed by atoms with Crippen molar-refractivity contribution < 1.29 is 5.11 Å². The summed E-state index contributed by atoms with van der Waals surface area (Å²) in [6, 6.07) is 60.5. The van der Waals surface area contributed by atoms with E-state index in [1.165, 1.54) is 5.56 Å². The SMILES string of the molecule is CCC(C)(C)c1ccc(-n2c(-c3cc(C(C)(C)C)cc(C(C)(C)C)c3O)nc3c(-c4cc(-c5ccccc5)cc(-c5cc(-c6ccccc6)ccn5)c4)cccc32)c(-c2ccccc2)c1. The molecule has 0 fully saturated rings. The molecular weight excluding hydrogens is 791 g/mol. The molecule has 0 saturated carbocycles. The number of fused-ring (bicyclic) bond motifs is 1. The number of nitrogens with zero attached hydrogens (tertiary/aromatic N) is 3. The van der Waals surface area contributed by atoms with Crippen LogP contribution in [0.1, 0.15) is 85.4 Å². The molecule has 0 amide bonds. The van der Waals surface area contributed by atoms with Crippen LogP contribution in [-0.2, 0) is 16.2 Å². The molecule has 4 heteroatoms. The van der Waals surface area contributed by atoms with Crippen LogP contribution in [-0.4, -0.2) is 19.6 Å². The van der Waals surface area contributed by atoms with Gasteiger partial charge in [-0.1, -0.05) is 178 Å². The highest BCUT2D eigenvalue weighted by molar-refractivity contribution is 5.98. The minimum Gasteiger partial charge on any atom is -0.507 e. The van der Waals surface area contributed by atoms with Crippen LogP contribution in [0, 0.1) is 0 Å². The van der Waals surface area contributed by atoms with Gasteiger partial charge in [0.2, 0.25) is 0 Å². The van der Waals surface area contributed by atoms with Gasteiger partial charge in [-0.3, -0.25) is 9.55 Å². The standard InChI is InChI=1S/C61H59N3O/c1-10-61(8,9)47-29-30-54(50(37-47)42-25-18-13-19-26-42)64-55-28-20-27-49(56(55)63-58(64)51-38-48(59(2,3)4)39-52(57(51)65)60(5,6)7)45-33-44(41-23-16-12-17-24-41)34-46(35-45)53-36-43(31-32-62-53)40-21-14-11-15-22-40/h11-39,65H,10H2,1-9H3. The molecular formula is C61H59N3O. The Balaban J connectivity index is 1.37. The van der Waals surface area contributed by atoms with Gasteiger partial charge < -0.3 is 5.11 Å². The lowest BCUT2D eigenvalue weighted by Gasteiger charge is -2.28. The minimum absolute atomic E-state index is 0.0348. The number of aromatic hydroxyl groups is 1. The van der Waals surface area contributed by atoms with Crippen LogP contribution in [0.4, 0.5) is 0 Å². The van der Waals surface area contributed by atoms with Crippen molar-refractivity contribution in [2.24, 2.45) is 0 Å². The smallest absolute Gasteiger partial charge is 0.149 e. The molecule has 0 aliphatic carbocycles. The molecule has 7 aromatic carbocycles. The van der Waals surface area contributed by atoms with Crippen LogP contribution < -0.4 is 0 Å². The summed E-state index contributed by atoms with van der Waals surface area (Å²) < 4.78 is 2.30. The molecule has 0 spiro atoms. The van der Waals surface area contributed by atoms with E-state index in [-0.39, 0.29) is 22.0 Å². The third kappa shape index (κ3) is 8.42. The first-order chi connectivity index (χ1) is 31.1. The maximum Gasteiger partial charge on any atom is 0.149 e. The van der Waals surface area contributed by atoms with Crippen molar-refractivity contribution in [3.8, 4) is 78.6 Å². The lowest BCUT2D eigenvalue weighted by molar-refractivity contribution is 0.446. The van der Waals surface area contributed by atoms with E-state index >= 15 is 0 Å². The zero-order valence-electron chi connectivity index (χ0n) is 39.2. The third-order valence-corrected chi connectivity index (χ3v) is 13.2. The van der Waals surface area contributed by atoms with Crippen molar-refractivity contribution in [2.45, 2.75) is 85.0 Å². The zero-order valence-corrected chi connectivity index (χ0v) is 39.2. The number of rotatable bonds is 9. The van der Waals surface area contributed by atoms with Crippen molar-refractivity contribution in [1.29, 1.82) is 0 Å². The van der Waals surface area contributed by atoms with Gasteiger partial charge in [-0.25, -0.2) is 4.98 Å². The Kier molecular flexibility index (Phi) is 11.2. The number of hydrogen-bond donors (Lipinski definition) is 1. The molecule has 324 valence electrons. The monoisotopic (exact) mass is 849 g/mol. The molecule has 65 heavy (non-hydrogen) atoms. The van der Waals surface area contributed by atoms with E-state index < -0.39 is 0 Å². The highest BCUT2D eigenvalue weighted by Gasteiger charge is 2.30. The van der Waals surface area contributed by atoms with Gasteiger partial charge >= 0.3 is 0 Å². The summed E-state index contributed by atoms with van der Waals surface area (Å²) in [6.45, 7) is 20.1. The molecule has 2 heterocycles. The van der Waals surface area contributed by atoms with Crippen molar-refractivity contribution in [2.75, 3.05) is 0 Å². The minimum atomic E-state index is -0.329. The van der Waals surface area contributed by atoms with E-state index in [9.17, 15) is 5.11 Å². The molecule has 0 saturated heterocycles. The van der Waals surface area contributed by atoms with Crippen LogP contribution in [0.3, 0.4) is 0 Å². The largest absolute Gasteiger partial charge is 0.507 e. The topological polar surface area (TPSA) is 50.9 Å². The Morgan fingerprint density at radius 2 is 1.08 bits per heavy atom. The number of benzene rings is 7. The Hall–Kier alpha value is -7.04. The summed E-state index contributed by atoms with van der Waals surface area (Å²) in [5.74, 6) is 0.948. The summed E-state index contributed by atoms with van der Waals surface area (Å²) in [4.78, 5) is 10.7. The molecule has 4 nitrogen and oxygen atoms in total. The number of para-hydroxylation sites is 1. The fraction of sp³-hybridized carbons (Fsp3) is 0.213. The van der Waals surface area contributed by atoms with E-state index in [0.717, 1.165) is 90.0 Å². The van der Waals surface area contributed by atoms with Gasteiger partial charge in [0.25, 0.3) is 0 Å². The first-order valence-corrected chi connectivity index (χ1v) is 22.9. The summed E-state index contributed by atoms with van der Waals surface area (Å²) >= 11 is 0. The molecule has 0 aliphatic heterocycles. The maximum atomic E-state index is 12.6. The Bertz CT molecular complexity index is 3170. The number of aromatic nitrogens is 3. The molecule has 9 aromatic rings. The van der Waals surface area contributed by atoms with E-state index in [1.807, 2.05) is 12.3 Å². The first-order valence-electron chi connectivity index (χ1n) is 22.9. The summed E-state index contributed by atoms with van der Waals surface area (Å²) in [7, 11) is 0. The fourth-order valence-corrected chi connectivity index (χ4v) is 8.90. The summed E-state index contributed by atoms with van der Waals surface area (Å²) in [5, 5.41) is 12.6. The van der Waals surface area contributed by atoms with E-state index in [2.05, 4.69) is 231 Å². The highest BCUT2D eigenvalue weighted by atomic mass is 16.3.